The molecule has 1 aromatic rings. The fraction of sp³-hybridized carbons (Fsp3) is 0.667. The highest BCUT2D eigenvalue weighted by Gasteiger charge is 2.34. The second kappa shape index (κ2) is 4.97. The highest BCUT2D eigenvalue weighted by atomic mass is 16.4. The zero-order valence-electron chi connectivity index (χ0n) is 10.7. The van der Waals surface area contributed by atoms with Crippen molar-refractivity contribution in [1.82, 2.24) is 10.3 Å². The van der Waals surface area contributed by atoms with Crippen LogP contribution in [0.15, 0.2) is 4.42 Å². The SMILES string of the molecule is Cc1nc(NC(=O)NC2(CO)CCCC2)oc1C. The number of aromatic nitrogens is 1. The Morgan fingerprint density at radius 3 is 2.61 bits per heavy atom. The maximum atomic E-state index is 11.8. The molecule has 3 N–H and O–H groups in total. The molecule has 0 atom stereocenters. The number of anilines is 1. The second-order valence-electron chi connectivity index (χ2n) is 4.89. The molecule has 1 aliphatic carbocycles. The fourth-order valence-corrected chi connectivity index (χ4v) is 2.27. The molecule has 0 radical (unpaired) electrons. The molecule has 1 aliphatic rings. The molecule has 2 rings (SSSR count). The van der Waals surface area contributed by atoms with Crippen LogP contribution in [0.3, 0.4) is 0 Å². The predicted octanol–water partition coefficient (Wildman–Crippen LogP) is 1.72. The third-order valence-electron chi connectivity index (χ3n) is 3.49. The number of carbonyl (C=O) groups is 1. The number of hydrogen-bond donors (Lipinski definition) is 3. The van der Waals surface area contributed by atoms with Gasteiger partial charge in [-0.1, -0.05) is 12.8 Å². The number of oxazole rings is 1. The van der Waals surface area contributed by atoms with Crippen molar-refractivity contribution in [3.63, 3.8) is 0 Å². The summed E-state index contributed by atoms with van der Waals surface area (Å²) in [6.07, 6.45) is 3.66. The molecular formula is C12H19N3O3. The van der Waals surface area contributed by atoms with E-state index in [4.69, 9.17) is 4.42 Å². The molecule has 1 saturated carbocycles. The monoisotopic (exact) mass is 253 g/mol. The molecule has 0 aliphatic heterocycles. The minimum Gasteiger partial charge on any atom is -0.428 e. The molecular weight excluding hydrogens is 234 g/mol. The van der Waals surface area contributed by atoms with E-state index in [2.05, 4.69) is 15.6 Å². The number of nitrogens with one attached hydrogen (secondary N) is 2. The summed E-state index contributed by atoms with van der Waals surface area (Å²) in [6, 6.07) is -0.194. The minimum atomic E-state index is -0.485. The number of aryl methyl sites for hydroxylation is 2. The first kappa shape index (κ1) is 12.9. The van der Waals surface area contributed by atoms with E-state index in [1.165, 1.54) is 0 Å². The lowest BCUT2D eigenvalue weighted by Crippen LogP contribution is -2.50. The van der Waals surface area contributed by atoms with Gasteiger partial charge in [0, 0.05) is 0 Å². The maximum absolute atomic E-state index is 11.8. The summed E-state index contributed by atoms with van der Waals surface area (Å²) in [7, 11) is 0. The Morgan fingerprint density at radius 1 is 1.44 bits per heavy atom. The zero-order chi connectivity index (χ0) is 13.2. The summed E-state index contributed by atoms with van der Waals surface area (Å²) in [6.45, 7) is 3.57. The van der Waals surface area contributed by atoms with Crippen LogP contribution >= 0.6 is 0 Å². The molecule has 0 bridgehead atoms. The first-order chi connectivity index (χ1) is 8.54. The van der Waals surface area contributed by atoms with E-state index in [1.807, 2.05) is 6.92 Å². The van der Waals surface area contributed by atoms with Crippen LogP contribution in [0.1, 0.15) is 37.1 Å². The van der Waals surface area contributed by atoms with Gasteiger partial charge < -0.3 is 14.8 Å². The Kier molecular flexibility index (Phi) is 3.56. The van der Waals surface area contributed by atoms with Gasteiger partial charge in [0.25, 0.3) is 0 Å². The summed E-state index contributed by atoms with van der Waals surface area (Å²) < 4.78 is 5.27. The van der Waals surface area contributed by atoms with Crippen molar-refractivity contribution in [2.24, 2.45) is 0 Å². The molecule has 0 saturated heterocycles. The largest absolute Gasteiger partial charge is 0.428 e. The normalized spacial score (nSPS) is 17.7. The molecule has 0 aromatic carbocycles. The van der Waals surface area contributed by atoms with Gasteiger partial charge in [-0.2, -0.15) is 4.98 Å². The standard InChI is InChI=1S/C12H19N3O3/c1-8-9(2)18-11(13-8)14-10(17)15-12(7-16)5-3-4-6-12/h16H,3-7H2,1-2H3,(H2,13,14,15,17). The molecule has 0 spiro atoms. The number of carbonyl (C=O) groups excluding carboxylic acids is 1. The Balaban J connectivity index is 1.96. The van der Waals surface area contributed by atoms with Crippen molar-refractivity contribution in [2.45, 2.75) is 45.1 Å². The molecule has 0 unspecified atom stereocenters. The van der Waals surface area contributed by atoms with E-state index in [-0.39, 0.29) is 18.7 Å². The summed E-state index contributed by atoms with van der Waals surface area (Å²) in [5.41, 5.74) is 0.267. The maximum Gasteiger partial charge on any atom is 0.323 e. The van der Waals surface area contributed by atoms with Gasteiger partial charge >= 0.3 is 12.0 Å². The Bertz CT molecular complexity index is 416. The summed E-state index contributed by atoms with van der Waals surface area (Å²) >= 11 is 0. The van der Waals surface area contributed by atoms with Crippen molar-refractivity contribution in [1.29, 1.82) is 0 Å². The first-order valence-electron chi connectivity index (χ1n) is 6.19. The predicted molar refractivity (Wildman–Crippen MR) is 66.4 cm³/mol. The Labute approximate surface area is 106 Å². The summed E-state index contributed by atoms with van der Waals surface area (Å²) in [5.74, 6) is 0.683. The van der Waals surface area contributed by atoms with E-state index < -0.39 is 5.54 Å². The van der Waals surface area contributed by atoms with Gasteiger partial charge in [-0.15, -0.1) is 0 Å². The number of rotatable bonds is 3. The average Bonchev–Trinajstić information content (AvgIpc) is 2.88. The van der Waals surface area contributed by atoms with Gasteiger partial charge in [-0.3, -0.25) is 5.32 Å². The quantitative estimate of drug-likeness (QED) is 0.765. The molecule has 6 heteroatoms. The van der Waals surface area contributed by atoms with Gasteiger partial charge in [-0.05, 0) is 26.7 Å². The van der Waals surface area contributed by atoms with Crippen LogP contribution in [0.25, 0.3) is 0 Å². The molecule has 1 aromatic heterocycles. The lowest BCUT2D eigenvalue weighted by Gasteiger charge is -2.27. The highest BCUT2D eigenvalue weighted by molar-refractivity contribution is 5.87. The number of hydrogen-bond acceptors (Lipinski definition) is 4. The first-order valence-corrected chi connectivity index (χ1v) is 6.19. The lowest BCUT2D eigenvalue weighted by molar-refractivity contribution is 0.167. The van der Waals surface area contributed by atoms with Crippen molar-refractivity contribution in [3.05, 3.63) is 11.5 Å². The van der Waals surface area contributed by atoms with Gasteiger partial charge in [0.15, 0.2) is 0 Å². The van der Waals surface area contributed by atoms with E-state index in [9.17, 15) is 9.90 Å². The van der Waals surface area contributed by atoms with E-state index in [1.54, 1.807) is 6.92 Å². The number of aliphatic hydroxyl groups is 1. The van der Waals surface area contributed by atoms with Crippen molar-refractivity contribution < 1.29 is 14.3 Å². The molecule has 1 fully saturated rings. The lowest BCUT2D eigenvalue weighted by atomic mass is 9.99. The summed E-state index contributed by atoms with van der Waals surface area (Å²) in [4.78, 5) is 15.9. The van der Waals surface area contributed by atoms with Crippen LogP contribution in [0.2, 0.25) is 0 Å². The highest BCUT2D eigenvalue weighted by Crippen LogP contribution is 2.29. The van der Waals surface area contributed by atoms with Crippen LogP contribution in [0.4, 0.5) is 10.8 Å². The van der Waals surface area contributed by atoms with Crippen LogP contribution in [-0.2, 0) is 0 Å². The number of aliphatic hydroxyl groups excluding tert-OH is 1. The van der Waals surface area contributed by atoms with E-state index >= 15 is 0 Å². The number of urea groups is 1. The third kappa shape index (κ3) is 2.64. The van der Waals surface area contributed by atoms with Crippen molar-refractivity contribution >= 4 is 12.0 Å². The van der Waals surface area contributed by atoms with E-state index in [0.717, 1.165) is 31.4 Å². The third-order valence-corrected chi connectivity index (χ3v) is 3.49. The Hall–Kier alpha value is -1.56. The van der Waals surface area contributed by atoms with Crippen molar-refractivity contribution in [3.8, 4) is 0 Å². The van der Waals surface area contributed by atoms with Gasteiger partial charge in [-0.25, -0.2) is 4.79 Å². The second-order valence-corrected chi connectivity index (χ2v) is 4.89. The van der Waals surface area contributed by atoms with Gasteiger partial charge in [0.1, 0.15) is 5.76 Å². The van der Waals surface area contributed by atoms with Crippen LogP contribution < -0.4 is 10.6 Å². The van der Waals surface area contributed by atoms with Gasteiger partial charge in [0.05, 0.1) is 17.8 Å². The molecule has 1 heterocycles. The molecule has 6 nitrogen and oxygen atoms in total. The zero-order valence-corrected chi connectivity index (χ0v) is 10.7. The minimum absolute atomic E-state index is 0.0376. The van der Waals surface area contributed by atoms with Crippen LogP contribution in [0, 0.1) is 13.8 Å². The Morgan fingerprint density at radius 2 is 2.11 bits per heavy atom. The topological polar surface area (TPSA) is 87.4 Å². The smallest absolute Gasteiger partial charge is 0.323 e. The number of nitrogens with zero attached hydrogens (tertiary/aromatic N) is 1. The van der Waals surface area contributed by atoms with Crippen LogP contribution in [-0.4, -0.2) is 28.3 Å². The van der Waals surface area contributed by atoms with Crippen LogP contribution in [0.5, 0.6) is 0 Å². The average molecular weight is 253 g/mol. The van der Waals surface area contributed by atoms with Gasteiger partial charge in [0.2, 0.25) is 0 Å². The van der Waals surface area contributed by atoms with Crippen molar-refractivity contribution in [2.75, 3.05) is 11.9 Å². The number of amides is 2. The molecule has 18 heavy (non-hydrogen) atoms. The van der Waals surface area contributed by atoms with E-state index in [0.29, 0.717) is 5.76 Å². The molecule has 2 amide bonds. The summed E-state index contributed by atoms with van der Waals surface area (Å²) in [5, 5.41) is 14.8. The molecule has 100 valence electrons. The fourth-order valence-electron chi connectivity index (χ4n) is 2.27.